The number of ether oxygens (including phenoxy) is 2. The highest BCUT2D eigenvalue weighted by Crippen LogP contribution is 2.33. The number of rotatable bonds is 10. The lowest BCUT2D eigenvalue weighted by Gasteiger charge is -2.24. The number of hydrogen-bond donors (Lipinski definition) is 2. The van der Waals surface area contributed by atoms with Gasteiger partial charge in [0.2, 0.25) is 15.9 Å². The van der Waals surface area contributed by atoms with Crippen molar-refractivity contribution < 1.29 is 27.5 Å². The van der Waals surface area contributed by atoms with Crippen molar-refractivity contribution >= 4 is 33.2 Å². The normalized spacial score (nSPS) is 11.9. The zero-order valence-electron chi connectivity index (χ0n) is 18.8. The van der Waals surface area contributed by atoms with E-state index in [2.05, 4.69) is 10.6 Å². The molecule has 2 rings (SSSR count). The van der Waals surface area contributed by atoms with E-state index in [0.717, 1.165) is 17.0 Å². The van der Waals surface area contributed by atoms with Gasteiger partial charge in [-0.1, -0.05) is 19.1 Å². The monoisotopic (exact) mass is 463 g/mol. The number of carbonyl (C=O) groups is 2. The summed E-state index contributed by atoms with van der Waals surface area (Å²) >= 11 is 0. The van der Waals surface area contributed by atoms with Crippen LogP contribution in [-0.2, 0) is 14.8 Å². The van der Waals surface area contributed by atoms with Gasteiger partial charge in [-0.25, -0.2) is 8.42 Å². The van der Waals surface area contributed by atoms with E-state index < -0.39 is 22.5 Å². The molecule has 0 radical (unpaired) electrons. The van der Waals surface area contributed by atoms with Crippen LogP contribution in [0.4, 0.5) is 11.4 Å². The molecule has 0 heterocycles. The second-order valence-electron chi connectivity index (χ2n) is 7.18. The fourth-order valence-corrected chi connectivity index (χ4v) is 3.74. The lowest BCUT2D eigenvalue weighted by molar-refractivity contribution is -0.114. The molecule has 0 aliphatic rings. The molecule has 2 aromatic rings. The molecule has 10 heteroatoms. The van der Waals surface area contributed by atoms with Gasteiger partial charge in [0.15, 0.2) is 0 Å². The zero-order chi connectivity index (χ0) is 23.9. The van der Waals surface area contributed by atoms with Crippen LogP contribution in [-0.4, -0.2) is 53.3 Å². The highest BCUT2D eigenvalue weighted by Gasteiger charge is 2.25. The van der Waals surface area contributed by atoms with Gasteiger partial charge in [-0.15, -0.1) is 0 Å². The molecule has 0 saturated heterocycles. The third kappa shape index (κ3) is 6.36. The van der Waals surface area contributed by atoms with E-state index in [1.165, 1.54) is 20.3 Å². The number of nitrogens with zero attached hydrogens (tertiary/aromatic N) is 1. The highest BCUT2D eigenvalue weighted by molar-refractivity contribution is 7.92. The Morgan fingerprint density at radius 1 is 1.09 bits per heavy atom. The van der Waals surface area contributed by atoms with Crippen molar-refractivity contribution in [3.05, 3.63) is 48.0 Å². The topological polar surface area (TPSA) is 114 Å². The Labute approximate surface area is 188 Å². The summed E-state index contributed by atoms with van der Waals surface area (Å²) in [5, 5.41) is 5.49. The minimum absolute atomic E-state index is 0.0347. The molecule has 0 spiro atoms. The Morgan fingerprint density at radius 3 is 2.38 bits per heavy atom. The summed E-state index contributed by atoms with van der Waals surface area (Å²) in [5.74, 6) is -0.284. The Balaban J connectivity index is 2.32. The maximum absolute atomic E-state index is 12.8. The lowest BCUT2D eigenvalue weighted by Crippen LogP contribution is -2.38. The smallest absolute Gasteiger partial charge is 0.253 e. The predicted octanol–water partition coefficient (Wildman–Crippen LogP) is 2.64. The van der Waals surface area contributed by atoms with Gasteiger partial charge < -0.3 is 20.1 Å². The summed E-state index contributed by atoms with van der Waals surface area (Å²) in [5.41, 5.74) is 0.725. The van der Waals surface area contributed by atoms with E-state index in [9.17, 15) is 18.0 Å². The largest absolute Gasteiger partial charge is 0.497 e. The standard InChI is InChI=1S/C22H29N3O6S/c1-6-15(2)23-22(27)17-9-7-8-10-18(17)24-21(26)14-25(32(5,28)29)19-13-16(30-3)11-12-20(19)31-4/h7-13,15H,6,14H2,1-5H3,(H,23,27)(H,24,26). The average Bonchev–Trinajstić information content (AvgIpc) is 2.76. The zero-order valence-corrected chi connectivity index (χ0v) is 19.7. The second kappa shape index (κ2) is 10.9. The van der Waals surface area contributed by atoms with Crippen molar-refractivity contribution in [2.45, 2.75) is 26.3 Å². The summed E-state index contributed by atoms with van der Waals surface area (Å²) in [4.78, 5) is 25.4. The van der Waals surface area contributed by atoms with E-state index in [4.69, 9.17) is 9.47 Å². The number of amides is 2. The third-order valence-electron chi connectivity index (χ3n) is 4.78. The van der Waals surface area contributed by atoms with Crippen LogP contribution in [0, 0.1) is 0 Å². The fraction of sp³-hybridized carbons (Fsp3) is 0.364. The van der Waals surface area contributed by atoms with E-state index in [1.54, 1.807) is 36.4 Å². The van der Waals surface area contributed by atoms with Gasteiger partial charge in [0, 0.05) is 12.1 Å². The van der Waals surface area contributed by atoms with Crippen LogP contribution in [0.1, 0.15) is 30.6 Å². The summed E-state index contributed by atoms with van der Waals surface area (Å²) < 4.78 is 36.4. The first-order valence-electron chi connectivity index (χ1n) is 10.00. The van der Waals surface area contributed by atoms with Crippen LogP contribution < -0.4 is 24.4 Å². The minimum atomic E-state index is -3.85. The Hall–Kier alpha value is -3.27. The molecule has 32 heavy (non-hydrogen) atoms. The quantitative estimate of drug-likeness (QED) is 0.560. The number of benzene rings is 2. The first-order valence-corrected chi connectivity index (χ1v) is 11.8. The Kier molecular flexibility index (Phi) is 8.48. The first kappa shape index (κ1) is 25.0. The highest BCUT2D eigenvalue weighted by atomic mass is 32.2. The van der Waals surface area contributed by atoms with Gasteiger partial charge in [0.05, 0.1) is 37.4 Å². The van der Waals surface area contributed by atoms with Gasteiger partial charge in [0.1, 0.15) is 18.0 Å². The van der Waals surface area contributed by atoms with Crippen molar-refractivity contribution in [1.29, 1.82) is 0 Å². The molecular weight excluding hydrogens is 434 g/mol. The average molecular weight is 464 g/mol. The van der Waals surface area contributed by atoms with Crippen LogP contribution in [0.5, 0.6) is 11.5 Å². The van der Waals surface area contributed by atoms with Crippen LogP contribution in [0.25, 0.3) is 0 Å². The number of para-hydroxylation sites is 1. The SMILES string of the molecule is CCC(C)NC(=O)c1ccccc1NC(=O)CN(c1cc(OC)ccc1OC)S(C)(=O)=O. The lowest BCUT2D eigenvalue weighted by atomic mass is 10.1. The summed E-state index contributed by atoms with van der Waals surface area (Å²) in [6.45, 7) is 3.31. The minimum Gasteiger partial charge on any atom is -0.497 e. The number of carbonyl (C=O) groups excluding carboxylic acids is 2. The molecule has 1 atom stereocenters. The Bertz CT molecular complexity index is 1070. The summed E-state index contributed by atoms with van der Waals surface area (Å²) in [6.07, 6.45) is 1.75. The van der Waals surface area contributed by atoms with Crippen LogP contribution in [0.15, 0.2) is 42.5 Å². The van der Waals surface area contributed by atoms with Gasteiger partial charge in [-0.3, -0.25) is 13.9 Å². The molecule has 9 nitrogen and oxygen atoms in total. The molecule has 2 aromatic carbocycles. The molecular formula is C22H29N3O6S. The van der Waals surface area contributed by atoms with Crippen molar-refractivity contribution in [2.75, 3.05) is 36.6 Å². The van der Waals surface area contributed by atoms with Crippen molar-refractivity contribution in [3.8, 4) is 11.5 Å². The fourth-order valence-electron chi connectivity index (χ4n) is 2.89. The van der Waals surface area contributed by atoms with Gasteiger partial charge >= 0.3 is 0 Å². The molecule has 0 aliphatic carbocycles. The number of methoxy groups -OCH3 is 2. The number of anilines is 2. The van der Waals surface area contributed by atoms with Gasteiger partial charge in [-0.05, 0) is 37.6 Å². The van der Waals surface area contributed by atoms with E-state index in [0.29, 0.717) is 5.75 Å². The van der Waals surface area contributed by atoms with Crippen molar-refractivity contribution in [1.82, 2.24) is 5.32 Å². The van der Waals surface area contributed by atoms with Crippen LogP contribution in [0.3, 0.4) is 0 Å². The summed E-state index contributed by atoms with van der Waals surface area (Å²) in [7, 11) is -1.00. The van der Waals surface area contributed by atoms with Gasteiger partial charge in [-0.2, -0.15) is 0 Å². The Morgan fingerprint density at radius 2 is 1.78 bits per heavy atom. The summed E-state index contributed by atoms with van der Waals surface area (Å²) in [6, 6.07) is 11.1. The van der Waals surface area contributed by atoms with E-state index >= 15 is 0 Å². The van der Waals surface area contributed by atoms with E-state index in [-0.39, 0.29) is 34.6 Å². The molecule has 2 N–H and O–H groups in total. The van der Waals surface area contributed by atoms with Crippen molar-refractivity contribution in [2.24, 2.45) is 0 Å². The molecule has 1 unspecified atom stereocenters. The number of nitrogens with one attached hydrogen (secondary N) is 2. The van der Waals surface area contributed by atoms with Crippen LogP contribution in [0.2, 0.25) is 0 Å². The second-order valence-corrected chi connectivity index (χ2v) is 9.09. The molecule has 0 aliphatic heterocycles. The maximum atomic E-state index is 12.8. The number of sulfonamides is 1. The maximum Gasteiger partial charge on any atom is 0.253 e. The molecule has 174 valence electrons. The predicted molar refractivity (Wildman–Crippen MR) is 124 cm³/mol. The van der Waals surface area contributed by atoms with Gasteiger partial charge in [0.25, 0.3) is 5.91 Å². The van der Waals surface area contributed by atoms with Crippen LogP contribution >= 0.6 is 0 Å². The molecule has 0 bridgehead atoms. The van der Waals surface area contributed by atoms with E-state index in [1.807, 2.05) is 13.8 Å². The number of hydrogen-bond acceptors (Lipinski definition) is 6. The first-order chi connectivity index (χ1) is 15.1. The molecule has 0 fully saturated rings. The molecule has 0 aromatic heterocycles. The molecule has 0 saturated carbocycles. The third-order valence-corrected chi connectivity index (χ3v) is 5.90. The van der Waals surface area contributed by atoms with Crippen molar-refractivity contribution in [3.63, 3.8) is 0 Å². The molecule has 2 amide bonds.